The number of benzene rings is 2. The van der Waals surface area contributed by atoms with Gasteiger partial charge in [-0.1, -0.05) is 31.0 Å². The van der Waals surface area contributed by atoms with Crippen LogP contribution in [0.5, 0.6) is 0 Å². The summed E-state index contributed by atoms with van der Waals surface area (Å²) in [6.45, 7) is 1.07. The Bertz CT molecular complexity index is 1110. The zero-order valence-electron chi connectivity index (χ0n) is 16.3. The molecule has 1 aliphatic rings. The average molecular weight is 427 g/mol. The molecule has 2 aromatic carbocycles. The van der Waals surface area contributed by atoms with Crippen LogP contribution < -0.4 is 5.32 Å². The van der Waals surface area contributed by atoms with E-state index < -0.39 is 10.0 Å². The number of aromatic nitrogens is 4. The predicted octanol–water partition coefficient (Wildman–Crippen LogP) is 2.68. The first-order valence-electron chi connectivity index (χ1n) is 9.79. The number of hydrogen-bond donors (Lipinski definition) is 2. The molecular weight excluding hydrogens is 404 g/mol. The summed E-state index contributed by atoms with van der Waals surface area (Å²) in [6.07, 6.45) is 3.84. The number of anilines is 1. The number of hydrogen-bond acceptors (Lipinski definition) is 6. The van der Waals surface area contributed by atoms with Crippen LogP contribution in [0, 0.1) is 0 Å². The first-order valence-corrected chi connectivity index (χ1v) is 11.2. The van der Waals surface area contributed by atoms with Gasteiger partial charge in [0.2, 0.25) is 15.8 Å². The zero-order chi connectivity index (χ0) is 21.0. The molecule has 0 unspecified atom stereocenters. The molecule has 0 atom stereocenters. The normalized spacial score (nSPS) is 15.5. The fraction of sp³-hybridized carbons (Fsp3) is 0.300. The molecule has 1 aliphatic heterocycles. The van der Waals surface area contributed by atoms with Gasteiger partial charge in [-0.2, -0.15) is 9.52 Å². The molecule has 1 saturated heterocycles. The van der Waals surface area contributed by atoms with Gasteiger partial charge < -0.3 is 5.32 Å². The Kier molecular flexibility index (Phi) is 5.86. The molecule has 0 aliphatic carbocycles. The molecule has 2 N–H and O–H groups in total. The maximum Gasteiger partial charge on any atom is 0.255 e. The Morgan fingerprint density at radius 3 is 2.40 bits per heavy atom. The minimum absolute atomic E-state index is 0.189. The van der Waals surface area contributed by atoms with Crippen molar-refractivity contribution in [2.45, 2.75) is 30.6 Å². The largest absolute Gasteiger partial charge is 0.322 e. The van der Waals surface area contributed by atoms with E-state index in [0.29, 0.717) is 30.2 Å². The summed E-state index contributed by atoms with van der Waals surface area (Å²) in [5.74, 6) is 0.104. The molecule has 1 amide bonds. The standard InChI is InChI=1S/C20H22N6O3S/c27-20(16-10-8-15(9-11-16)19-22-24-25-23-19)21-17-6-5-7-18(14-17)30(28,29)26-12-3-1-2-4-13-26/h5-11,14H,1-4,12-13H2,(H,21,27)(H,22,23,24,25). The first-order chi connectivity index (χ1) is 14.5. The number of tetrazole rings is 1. The van der Waals surface area contributed by atoms with Crippen LogP contribution in [-0.2, 0) is 10.0 Å². The van der Waals surface area contributed by atoms with E-state index in [9.17, 15) is 13.2 Å². The molecule has 1 fully saturated rings. The first kappa shape index (κ1) is 20.2. The van der Waals surface area contributed by atoms with Crippen LogP contribution in [0.25, 0.3) is 11.4 Å². The zero-order valence-corrected chi connectivity index (χ0v) is 17.1. The molecule has 0 spiro atoms. The van der Waals surface area contributed by atoms with Crippen LogP contribution in [0.4, 0.5) is 5.69 Å². The SMILES string of the molecule is O=C(Nc1cccc(S(=O)(=O)N2CCCCCC2)c1)c1ccc(-c2nn[nH]n2)cc1. The second kappa shape index (κ2) is 8.72. The van der Waals surface area contributed by atoms with Crippen molar-refractivity contribution in [3.63, 3.8) is 0 Å². The van der Waals surface area contributed by atoms with Gasteiger partial charge in [0.25, 0.3) is 5.91 Å². The predicted molar refractivity (Wildman–Crippen MR) is 111 cm³/mol. The van der Waals surface area contributed by atoms with E-state index in [1.807, 2.05) is 0 Å². The Labute approximate surface area is 174 Å². The molecule has 9 nitrogen and oxygen atoms in total. The monoisotopic (exact) mass is 426 g/mol. The highest BCUT2D eigenvalue weighted by atomic mass is 32.2. The molecule has 1 aromatic heterocycles. The molecule has 30 heavy (non-hydrogen) atoms. The Hall–Kier alpha value is -3.11. The van der Waals surface area contributed by atoms with Crippen LogP contribution in [0.1, 0.15) is 36.0 Å². The van der Waals surface area contributed by atoms with Crippen molar-refractivity contribution in [3.8, 4) is 11.4 Å². The molecule has 156 valence electrons. The lowest BCUT2D eigenvalue weighted by molar-refractivity contribution is 0.102. The summed E-state index contributed by atoms with van der Waals surface area (Å²) in [7, 11) is -3.58. The number of aromatic amines is 1. The van der Waals surface area contributed by atoms with E-state index in [1.54, 1.807) is 42.5 Å². The maximum atomic E-state index is 13.0. The summed E-state index contributed by atoms with van der Waals surface area (Å²) in [5.41, 5.74) is 1.59. The van der Waals surface area contributed by atoms with E-state index in [4.69, 9.17) is 0 Å². The van der Waals surface area contributed by atoms with Gasteiger partial charge in [0, 0.05) is 29.9 Å². The van der Waals surface area contributed by atoms with Gasteiger partial charge >= 0.3 is 0 Å². The van der Waals surface area contributed by atoms with Crippen molar-refractivity contribution in [3.05, 3.63) is 54.1 Å². The molecule has 0 saturated carbocycles. The van der Waals surface area contributed by atoms with Gasteiger partial charge in [-0.05, 0) is 48.4 Å². The molecular formula is C20H22N6O3S. The molecule has 4 rings (SSSR count). The van der Waals surface area contributed by atoms with Crippen molar-refractivity contribution in [2.75, 3.05) is 18.4 Å². The third kappa shape index (κ3) is 4.39. The lowest BCUT2D eigenvalue weighted by Crippen LogP contribution is -2.32. The van der Waals surface area contributed by atoms with Crippen molar-refractivity contribution in [1.29, 1.82) is 0 Å². The highest BCUT2D eigenvalue weighted by molar-refractivity contribution is 7.89. The Morgan fingerprint density at radius 1 is 1.00 bits per heavy atom. The van der Waals surface area contributed by atoms with E-state index in [1.165, 1.54) is 10.4 Å². The quantitative estimate of drug-likeness (QED) is 0.647. The fourth-order valence-corrected chi connectivity index (χ4v) is 4.99. The van der Waals surface area contributed by atoms with Crippen molar-refractivity contribution in [2.24, 2.45) is 0 Å². The minimum Gasteiger partial charge on any atom is -0.322 e. The molecule has 10 heteroatoms. The number of amides is 1. The van der Waals surface area contributed by atoms with Crippen LogP contribution in [0.15, 0.2) is 53.4 Å². The topological polar surface area (TPSA) is 121 Å². The van der Waals surface area contributed by atoms with Gasteiger partial charge in [0.05, 0.1) is 4.90 Å². The summed E-state index contributed by atoms with van der Waals surface area (Å²) >= 11 is 0. The summed E-state index contributed by atoms with van der Waals surface area (Å²) in [4.78, 5) is 12.8. The van der Waals surface area contributed by atoms with Crippen molar-refractivity contribution in [1.82, 2.24) is 24.9 Å². The Morgan fingerprint density at radius 2 is 1.73 bits per heavy atom. The average Bonchev–Trinajstić information content (AvgIpc) is 3.15. The van der Waals surface area contributed by atoms with Gasteiger partial charge in [-0.25, -0.2) is 8.42 Å². The van der Waals surface area contributed by atoms with Gasteiger partial charge in [0.15, 0.2) is 0 Å². The lowest BCUT2D eigenvalue weighted by atomic mass is 10.1. The number of nitrogens with zero attached hydrogens (tertiary/aromatic N) is 4. The van der Waals surface area contributed by atoms with E-state index >= 15 is 0 Å². The molecule has 2 heterocycles. The third-order valence-corrected chi connectivity index (χ3v) is 6.94. The number of sulfonamides is 1. The molecule has 0 radical (unpaired) electrons. The van der Waals surface area contributed by atoms with Gasteiger partial charge in [-0.15, -0.1) is 10.2 Å². The second-order valence-electron chi connectivity index (χ2n) is 7.11. The highest BCUT2D eigenvalue weighted by Crippen LogP contribution is 2.23. The number of H-pyrrole nitrogens is 1. The van der Waals surface area contributed by atoms with E-state index in [-0.39, 0.29) is 10.8 Å². The van der Waals surface area contributed by atoms with Crippen LogP contribution in [0.3, 0.4) is 0 Å². The summed E-state index contributed by atoms with van der Waals surface area (Å²) < 4.78 is 27.5. The van der Waals surface area contributed by atoms with E-state index in [2.05, 4.69) is 25.9 Å². The van der Waals surface area contributed by atoms with E-state index in [0.717, 1.165) is 31.2 Å². The smallest absolute Gasteiger partial charge is 0.255 e. The number of rotatable bonds is 5. The fourth-order valence-electron chi connectivity index (χ4n) is 3.42. The maximum absolute atomic E-state index is 13.0. The van der Waals surface area contributed by atoms with Gasteiger partial charge in [-0.3, -0.25) is 4.79 Å². The minimum atomic E-state index is -3.58. The number of carbonyl (C=O) groups is 1. The third-order valence-electron chi connectivity index (χ3n) is 5.05. The van der Waals surface area contributed by atoms with Gasteiger partial charge in [0.1, 0.15) is 0 Å². The van der Waals surface area contributed by atoms with Crippen LogP contribution in [0.2, 0.25) is 0 Å². The van der Waals surface area contributed by atoms with Crippen LogP contribution >= 0.6 is 0 Å². The van der Waals surface area contributed by atoms with Crippen molar-refractivity contribution < 1.29 is 13.2 Å². The van der Waals surface area contributed by atoms with Crippen LogP contribution in [-0.4, -0.2) is 52.3 Å². The molecule has 3 aromatic rings. The lowest BCUT2D eigenvalue weighted by Gasteiger charge is -2.20. The number of nitrogens with one attached hydrogen (secondary N) is 2. The summed E-state index contributed by atoms with van der Waals surface area (Å²) in [6, 6.07) is 13.1. The highest BCUT2D eigenvalue weighted by Gasteiger charge is 2.25. The second-order valence-corrected chi connectivity index (χ2v) is 9.05. The Balaban J connectivity index is 1.49. The van der Waals surface area contributed by atoms with Crippen molar-refractivity contribution >= 4 is 21.6 Å². The number of carbonyl (C=O) groups excluding carboxylic acids is 1. The molecule has 0 bridgehead atoms. The summed E-state index contributed by atoms with van der Waals surface area (Å²) in [5, 5.41) is 16.5.